The van der Waals surface area contributed by atoms with Crippen LogP contribution in [0.3, 0.4) is 0 Å². The zero-order valence-corrected chi connectivity index (χ0v) is 11.0. The molecule has 0 rings (SSSR count). The monoisotopic (exact) mass is 227 g/mol. The second-order valence-electron chi connectivity index (χ2n) is 4.02. The van der Waals surface area contributed by atoms with Gasteiger partial charge in [0.2, 0.25) is 0 Å². The van der Waals surface area contributed by atoms with Crippen LogP contribution < -0.4 is 0 Å². The summed E-state index contributed by atoms with van der Waals surface area (Å²) in [5, 5.41) is 0. The summed E-state index contributed by atoms with van der Waals surface area (Å²) < 4.78 is 2.23. The van der Waals surface area contributed by atoms with E-state index < -0.39 is 7.58 Å². The molecule has 0 aliphatic rings. The summed E-state index contributed by atoms with van der Waals surface area (Å²) in [6.45, 7) is 10.8. The molecule has 0 amide bonds. The largest absolute Gasteiger partial charge is 0.309 e. The lowest BCUT2D eigenvalue weighted by atomic mass is 10.2. The van der Waals surface area contributed by atoms with E-state index in [0.717, 1.165) is 13.1 Å². The third kappa shape index (κ3) is 6.29. The van der Waals surface area contributed by atoms with Gasteiger partial charge in [-0.1, -0.05) is 27.7 Å². The van der Waals surface area contributed by atoms with Gasteiger partial charge in [-0.15, -0.1) is 22.2 Å². The summed E-state index contributed by atoms with van der Waals surface area (Å²) in [6, 6.07) is 0. The third-order valence-corrected chi connectivity index (χ3v) is 4.11. The van der Waals surface area contributed by atoms with Crippen LogP contribution in [0, 0.1) is 11.8 Å². The Hall–Kier alpha value is 0.757. The Morgan fingerprint density at radius 2 is 1.33 bits per heavy atom. The number of hydrogen-bond acceptors (Lipinski definition) is 1. The van der Waals surface area contributed by atoms with Gasteiger partial charge in [0.1, 0.15) is 0 Å². The molecule has 0 unspecified atom stereocenters. The van der Waals surface area contributed by atoms with Gasteiger partial charge >= 0.3 is 7.58 Å². The summed E-state index contributed by atoms with van der Waals surface area (Å²) in [5.41, 5.74) is 0. The fourth-order valence-corrected chi connectivity index (χ4v) is 3.29. The molecule has 4 heteroatoms. The standard InChI is InChI=1S/C8H19Cl2NSi/c1-7(2)5-11(12(9)10)6-8(3)4/h7-8,12H,5-6H2,1-4H3. The van der Waals surface area contributed by atoms with Gasteiger partial charge in [-0.05, 0) is 24.9 Å². The highest BCUT2D eigenvalue weighted by atomic mass is 35.7. The van der Waals surface area contributed by atoms with Crippen molar-refractivity contribution in [2.45, 2.75) is 27.7 Å². The van der Waals surface area contributed by atoms with Crippen molar-refractivity contribution < 1.29 is 0 Å². The average Bonchev–Trinajstić information content (AvgIpc) is 1.83. The van der Waals surface area contributed by atoms with Crippen LogP contribution in [0.1, 0.15) is 27.7 Å². The molecule has 12 heavy (non-hydrogen) atoms. The Bertz CT molecular complexity index is 108. The van der Waals surface area contributed by atoms with Crippen LogP contribution >= 0.6 is 22.2 Å². The Kier molecular flexibility index (Phi) is 6.64. The molecule has 0 aliphatic carbocycles. The summed E-state index contributed by atoms with van der Waals surface area (Å²) in [6.07, 6.45) is 0. The van der Waals surface area contributed by atoms with E-state index in [4.69, 9.17) is 22.2 Å². The third-order valence-electron chi connectivity index (χ3n) is 1.48. The van der Waals surface area contributed by atoms with Crippen molar-refractivity contribution in [3.63, 3.8) is 0 Å². The van der Waals surface area contributed by atoms with E-state index in [0.29, 0.717) is 11.8 Å². The second kappa shape index (κ2) is 6.25. The lowest BCUT2D eigenvalue weighted by Crippen LogP contribution is -2.37. The minimum Gasteiger partial charge on any atom is -0.302 e. The Balaban J connectivity index is 3.87. The highest BCUT2D eigenvalue weighted by molar-refractivity contribution is 7.32. The predicted molar refractivity (Wildman–Crippen MR) is 60.1 cm³/mol. The van der Waals surface area contributed by atoms with E-state index >= 15 is 0 Å². The molecule has 0 aliphatic heterocycles. The zero-order valence-electron chi connectivity index (χ0n) is 8.35. The van der Waals surface area contributed by atoms with Crippen LogP contribution in [0.5, 0.6) is 0 Å². The van der Waals surface area contributed by atoms with E-state index in [2.05, 4.69) is 32.3 Å². The van der Waals surface area contributed by atoms with E-state index in [1.807, 2.05) is 0 Å². The molecule has 0 radical (unpaired) electrons. The molecular formula is C8H19Cl2NSi. The number of hydrogen-bond donors (Lipinski definition) is 0. The van der Waals surface area contributed by atoms with Gasteiger partial charge < -0.3 is 4.57 Å². The fraction of sp³-hybridized carbons (Fsp3) is 1.00. The van der Waals surface area contributed by atoms with Crippen molar-refractivity contribution >= 4 is 29.7 Å². The molecule has 0 saturated carbocycles. The number of halogens is 2. The van der Waals surface area contributed by atoms with Gasteiger partial charge in [-0.3, -0.25) is 0 Å². The van der Waals surface area contributed by atoms with Crippen LogP contribution in [-0.4, -0.2) is 25.2 Å². The van der Waals surface area contributed by atoms with E-state index in [1.54, 1.807) is 0 Å². The SMILES string of the molecule is CC(C)CN(CC(C)C)[SiH](Cl)Cl. The van der Waals surface area contributed by atoms with Crippen molar-refractivity contribution in [1.82, 2.24) is 4.57 Å². The minimum absolute atomic E-state index is 0.649. The molecule has 0 aromatic heterocycles. The molecular weight excluding hydrogens is 209 g/mol. The normalized spacial score (nSPS) is 12.5. The van der Waals surface area contributed by atoms with Gasteiger partial charge in [-0.25, -0.2) is 0 Å². The van der Waals surface area contributed by atoms with Crippen LogP contribution in [0.4, 0.5) is 0 Å². The van der Waals surface area contributed by atoms with Crippen LogP contribution in [0.2, 0.25) is 0 Å². The van der Waals surface area contributed by atoms with Crippen LogP contribution in [0.15, 0.2) is 0 Å². The summed E-state index contributed by atoms with van der Waals surface area (Å²) in [7, 11) is -1.62. The van der Waals surface area contributed by atoms with Crippen molar-refractivity contribution in [3.8, 4) is 0 Å². The maximum absolute atomic E-state index is 5.96. The highest BCUT2D eigenvalue weighted by Crippen LogP contribution is 2.10. The molecule has 0 N–H and O–H groups in total. The summed E-state index contributed by atoms with van der Waals surface area (Å²) >= 11 is 11.9. The molecule has 1 nitrogen and oxygen atoms in total. The lowest BCUT2D eigenvalue weighted by Gasteiger charge is -2.26. The van der Waals surface area contributed by atoms with Crippen LogP contribution in [0.25, 0.3) is 0 Å². The highest BCUT2D eigenvalue weighted by Gasteiger charge is 2.17. The molecule has 0 atom stereocenters. The lowest BCUT2D eigenvalue weighted by molar-refractivity contribution is 0.347. The molecule has 74 valence electrons. The summed E-state index contributed by atoms with van der Waals surface area (Å²) in [5.74, 6) is 1.30. The van der Waals surface area contributed by atoms with Crippen molar-refractivity contribution in [1.29, 1.82) is 0 Å². The molecule has 0 heterocycles. The maximum atomic E-state index is 5.96. The number of nitrogens with zero attached hydrogens (tertiary/aromatic N) is 1. The predicted octanol–water partition coefficient (Wildman–Crippen LogP) is 2.80. The first-order valence-electron chi connectivity index (χ1n) is 4.45. The Morgan fingerprint density at radius 3 is 1.50 bits per heavy atom. The second-order valence-corrected chi connectivity index (χ2v) is 8.46. The summed E-state index contributed by atoms with van der Waals surface area (Å²) in [4.78, 5) is 0. The van der Waals surface area contributed by atoms with Gasteiger partial charge in [-0.2, -0.15) is 0 Å². The molecule has 0 spiro atoms. The smallest absolute Gasteiger partial charge is 0.302 e. The topological polar surface area (TPSA) is 3.24 Å². The van der Waals surface area contributed by atoms with E-state index in [9.17, 15) is 0 Å². The Labute approximate surface area is 87.1 Å². The van der Waals surface area contributed by atoms with Crippen molar-refractivity contribution in [3.05, 3.63) is 0 Å². The fourth-order valence-electron chi connectivity index (χ4n) is 1.17. The number of rotatable bonds is 5. The van der Waals surface area contributed by atoms with Gasteiger partial charge in [0.05, 0.1) is 0 Å². The van der Waals surface area contributed by atoms with Crippen LogP contribution in [-0.2, 0) is 0 Å². The van der Waals surface area contributed by atoms with Crippen molar-refractivity contribution in [2.24, 2.45) is 11.8 Å². The first-order chi connectivity index (χ1) is 5.43. The van der Waals surface area contributed by atoms with E-state index in [1.165, 1.54) is 0 Å². The Morgan fingerprint density at radius 1 is 1.00 bits per heavy atom. The van der Waals surface area contributed by atoms with Gasteiger partial charge in [0.15, 0.2) is 0 Å². The molecule has 0 bridgehead atoms. The van der Waals surface area contributed by atoms with Gasteiger partial charge in [0, 0.05) is 0 Å². The van der Waals surface area contributed by atoms with Gasteiger partial charge in [0.25, 0.3) is 0 Å². The molecule has 0 saturated heterocycles. The quantitative estimate of drug-likeness (QED) is 0.516. The first-order valence-corrected chi connectivity index (χ1v) is 8.46. The molecule has 0 aromatic rings. The first kappa shape index (κ1) is 12.8. The molecule has 0 aromatic carbocycles. The van der Waals surface area contributed by atoms with Crippen molar-refractivity contribution in [2.75, 3.05) is 13.1 Å². The zero-order chi connectivity index (χ0) is 9.72. The minimum atomic E-state index is -1.62. The van der Waals surface area contributed by atoms with E-state index in [-0.39, 0.29) is 0 Å². The average molecular weight is 228 g/mol. The molecule has 0 fully saturated rings. The maximum Gasteiger partial charge on any atom is 0.309 e.